The fourth-order valence-electron chi connectivity index (χ4n) is 3.47. The zero-order chi connectivity index (χ0) is 23.4. The number of morpholine rings is 1. The van der Waals surface area contributed by atoms with Gasteiger partial charge in [0.15, 0.2) is 5.82 Å². The first-order valence-electron chi connectivity index (χ1n) is 10.1. The Hall–Kier alpha value is -3.08. The molecule has 0 aliphatic carbocycles. The molecule has 172 valence electrons. The highest BCUT2D eigenvalue weighted by Crippen LogP contribution is 2.35. The highest BCUT2D eigenvalue weighted by molar-refractivity contribution is 7.98. The summed E-state index contributed by atoms with van der Waals surface area (Å²) in [5.41, 5.74) is 9.13. The number of hydrazine groups is 1. The van der Waals surface area contributed by atoms with E-state index in [9.17, 15) is 9.18 Å². The summed E-state index contributed by atoms with van der Waals surface area (Å²) in [5.74, 6) is 0.729. The summed E-state index contributed by atoms with van der Waals surface area (Å²) < 4.78 is 19.8. The summed E-state index contributed by atoms with van der Waals surface area (Å²) in [7, 11) is 0. The molecule has 1 aliphatic heterocycles. The van der Waals surface area contributed by atoms with Crippen LogP contribution >= 0.6 is 23.4 Å². The number of urea groups is 1. The van der Waals surface area contributed by atoms with Crippen LogP contribution in [0.25, 0.3) is 11.4 Å². The van der Waals surface area contributed by atoms with Crippen molar-refractivity contribution in [1.82, 2.24) is 15.4 Å². The summed E-state index contributed by atoms with van der Waals surface area (Å²) in [5, 5.41) is 1.66. The molecule has 8 nitrogen and oxygen atoms in total. The summed E-state index contributed by atoms with van der Waals surface area (Å²) in [6, 6.07) is 12.2. The number of primary amides is 1. The minimum absolute atomic E-state index is 0.155. The largest absolute Gasteiger partial charge is 0.378 e. The van der Waals surface area contributed by atoms with E-state index in [0.29, 0.717) is 29.9 Å². The lowest BCUT2D eigenvalue weighted by atomic mass is 10.1. The highest BCUT2D eigenvalue weighted by Gasteiger charge is 2.21. The molecule has 1 fully saturated rings. The zero-order valence-electron chi connectivity index (χ0n) is 17.8. The van der Waals surface area contributed by atoms with Crippen LogP contribution in [-0.2, 0) is 4.74 Å². The molecule has 2 amide bonds. The quantitative estimate of drug-likeness (QED) is 0.304. The Labute approximate surface area is 199 Å². The highest BCUT2D eigenvalue weighted by atomic mass is 35.5. The van der Waals surface area contributed by atoms with Gasteiger partial charge in [0.05, 0.1) is 29.5 Å². The van der Waals surface area contributed by atoms with Crippen LogP contribution in [-0.4, -0.2) is 48.6 Å². The second-order valence-corrected chi connectivity index (χ2v) is 8.28. The SMILES string of the molecule is CSc1c(Cl)nc(-c2ccc(N(NC(N)=O)c3ccccc3F)cc2)nc1N1CCOCC1. The Morgan fingerprint density at radius 2 is 1.88 bits per heavy atom. The van der Waals surface area contributed by atoms with Crippen molar-refractivity contribution in [3.8, 4) is 11.4 Å². The third-order valence-corrected chi connectivity index (χ3v) is 6.19. The molecule has 0 radical (unpaired) electrons. The molecule has 2 aromatic carbocycles. The van der Waals surface area contributed by atoms with E-state index in [0.717, 1.165) is 29.4 Å². The lowest BCUT2D eigenvalue weighted by Crippen LogP contribution is -2.42. The van der Waals surface area contributed by atoms with Crippen molar-refractivity contribution in [2.45, 2.75) is 4.90 Å². The molecule has 0 unspecified atom stereocenters. The molecule has 3 aromatic rings. The van der Waals surface area contributed by atoms with Crippen molar-refractivity contribution >= 4 is 46.6 Å². The number of nitrogens with zero attached hydrogens (tertiary/aromatic N) is 4. The molecular formula is C22H22ClFN6O2S. The maximum absolute atomic E-state index is 14.4. The zero-order valence-corrected chi connectivity index (χ0v) is 19.4. The second kappa shape index (κ2) is 10.2. The average Bonchev–Trinajstić information content (AvgIpc) is 2.83. The number of aromatic nitrogens is 2. The van der Waals surface area contributed by atoms with Crippen molar-refractivity contribution in [2.75, 3.05) is 42.5 Å². The number of halogens is 2. The van der Waals surface area contributed by atoms with E-state index in [-0.39, 0.29) is 5.69 Å². The van der Waals surface area contributed by atoms with E-state index < -0.39 is 11.8 Å². The van der Waals surface area contributed by atoms with Crippen molar-refractivity contribution < 1.29 is 13.9 Å². The van der Waals surface area contributed by atoms with Crippen molar-refractivity contribution in [3.63, 3.8) is 0 Å². The number of benzene rings is 2. The first-order chi connectivity index (χ1) is 16.0. The van der Waals surface area contributed by atoms with Gasteiger partial charge in [-0.1, -0.05) is 23.7 Å². The van der Waals surface area contributed by atoms with Gasteiger partial charge in [-0.2, -0.15) is 0 Å². The van der Waals surface area contributed by atoms with Gasteiger partial charge >= 0.3 is 6.03 Å². The molecule has 1 aromatic heterocycles. The lowest BCUT2D eigenvalue weighted by Gasteiger charge is -2.29. The predicted octanol–water partition coefficient (Wildman–Crippen LogP) is 4.22. The summed E-state index contributed by atoms with van der Waals surface area (Å²) in [6.07, 6.45) is 1.94. The fraction of sp³-hybridized carbons (Fsp3) is 0.227. The summed E-state index contributed by atoms with van der Waals surface area (Å²) in [4.78, 5) is 23.8. The van der Waals surface area contributed by atoms with Crippen LogP contribution in [0, 0.1) is 5.82 Å². The molecule has 1 saturated heterocycles. The maximum Gasteiger partial charge on any atom is 0.331 e. The number of ether oxygens (including phenoxy) is 1. The van der Waals surface area contributed by atoms with E-state index in [1.165, 1.54) is 28.9 Å². The van der Waals surface area contributed by atoms with Gasteiger partial charge in [-0.15, -0.1) is 11.8 Å². The second-order valence-electron chi connectivity index (χ2n) is 7.10. The van der Waals surface area contributed by atoms with Crippen LogP contribution in [0.1, 0.15) is 0 Å². The monoisotopic (exact) mass is 488 g/mol. The number of rotatable bonds is 6. The van der Waals surface area contributed by atoms with Gasteiger partial charge in [-0.3, -0.25) is 0 Å². The average molecular weight is 489 g/mol. The minimum atomic E-state index is -0.819. The standard InChI is InChI=1S/C22H22ClFN6O2S/c1-33-18-19(23)26-20(27-21(18)29-10-12-32-13-11-29)14-6-8-15(9-7-14)30(28-22(25)31)17-5-3-2-4-16(17)24/h2-9H,10-13H2,1H3,(H3,25,28,31). The fourth-order valence-corrected chi connectivity index (χ4v) is 4.44. The van der Waals surface area contributed by atoms with E-state index in [2.05, 4.69) is 15.3 Å². The van der Waals surface area contributed by atoms with Gasteiger partial charge < -0.3 is 15.4 Å². The van der Waals surface area contributed by atoms with Crippen molar-refractivity contribution in [3.05, 3.63) is 59.5 Å². The molecule has 4 rings (SSSR count). The molecule has 0 bridgehead atoms. The van der Waals surface area contributed by atoms with Crippen LogP contribution < -0.4 is 21.1 Å². The molecule has 0 atom stereocenters. The third kappa shape index (κ3) is 5.13. The molecule has 3 N–H and O–H groups in total. The number of nitrogens with one attached hydrogen (secondary N) is 1. The molecule has 0 spiro atoms. The predicted molar refractivity (Wildman–Crippen MR) is 129 cm³/mol. The Morgan fingerprint density at radius 3 is 2.52 bits per heavy atom. The molecule has 33 heavy (non-hydrogen) atoms. The molecular weight excluding hydrogens is 467 g/mol. The van der Waals surface area contributed by atoms with E-state index in [4.69, 9.17) is 27.1 Å². The van der Waals surface area contributed by atoms with Crippen molar-refractivity contribution in [2.24, 2.45) is 5.73 Å². The van der Waals surface area contributed by atoms with Gasteiger partial charge in [0.1, 0.15) is 16.8 Å². The van der Waals surface area contributed by atoms with Gasteiger partial charge in [0.25, 0.3) is 0 Å². The molecule has 0 saturated carbocycles. The van der Waals surface area contributed by atoms with Gasteiger partial charge in [0, 0.05) is 18.7 Å². The van der Waals surface area contributed by atoms with Gasteiger partial charge in [0.2, 0.25) is 0 Å². The number of nitrogens with two attached hydrogens (primary N) is 1. The summed E-state index contributed by atoms with van der Waals surface area (Å²) >= 11 is 8.00. The van der Waals surface area contributed by atoms with Gasteiger partial charge in [-0.05, 0) is 42.7 Å². The molecule has 2 heterocycles. The van der Waals surface area contributed by atoms with Crippen LogP contribution in [0.15, 0.2) is 53.4 Å². The maximum atomic E-state index is 14.4. The van der Waals surface area contributed by atoms with Gasteiger partial charge in [-0.25, -0.2) is 29.6 Å². The Balaban J connectivity index is 1.69. The van der Waals surface area contributed by atoms with E-state index in [1.807, 2.05) is 6.26 Å². The number of hydrogen-bond donors (Lipinski definition) is 2. The van der Waals surface area contributed by atoms with Crippen LogP contribution in [0.2, 0.25) is 5.15 Å². The minimum Gasteiger partial charge on any atom is -0.378 e. The number of anilines is 3. The number of para-hydroxylation sites is 1. The molecule has 1 aliphatic rings. The number of amides is 2. The van der Waals surface area contributed by atoms with Crippen LogP contribution in [0.5, 0.6) is 0 Å². The first kappa shape index (κ1) is 23.1. The van der Waals surface area contributed by atoms with Crippen LogP contribution in [0.4, 0.5) is 26.4 Å². The number of hydrogen-bond acceptors (Lipinski definition) is 7. The first-order valence-corrected chi connectivity index (χ1v) is 11.7. The van der Waals surface area contributed by atoms with E-state index >= 15 is 0 Å². The third-order valence-electron chi connectivity index (χ3n) is 5.02. The smallest absolute Gasteiger partial charge is 0.331 e. The Morgan fingerprint density at radius 1 is 1.18 bits per heavy atom. The number of carbonyl (C=O) groups is 1. The Bertz CT molecular complexity index is 1140. The number of carbonyl (C=O) groups excluding carboxylic acids is 1. The lowest BCUT2D eigenvalue weighted by molar-refractivity contribution is 0.122. The normalized spacial score (nSPS) is 13.6. The van der Waals surface area contributed by atoms with Crippen LogP contribution in [0.3, 0.4) is 0 Å². The Kier molecular flexibility index (Phi) is 7.17. The van der Waals surface area contributed by atoms with E-state index in [1.54, 1.807) is 36.4 Å². The summed E-state index contributed by atoms with van der Waals surface area (Å²) in [6.45, 7) is 2.68. The topological polar surface area (TPSA) is 96.6 Å². The number of thioether (sulfide) groups is 1. The molecule has 11 heteroatoms. The van der Waals surface area contributed by atoms with Crippen molar-refractivity contribution in [1.29, 1.82) is 0 Å².